The van der Waals surface area contributed by atoms with E-state index in [4.69, 9.17) is 4.74 Å². The van der Waals surface area contributed by atoms with E-state index < -0.39 is 0 Å². The van der Waals surface area contributed by atoms with Crippen LogP contribution in [0.2, 0.25) is 0 Å². The smallest absolute Gasteiger partial charge is 0.256 e. The number of aryl methyl sites for hydroxylation is 1. The summed E-state index contributed by atoms with van der Waals surface area (Å²) in [5.74, 6) is 0.599. The molecule has 7 heteroatoms. The molecule has 0 bridgehead atoms. The van der Waals surface area contributed by atoms with Gasteiger partial charge in [0.15, 0.2) is 0 Å². The number of rotatable bonds is 4. The number of pyridine rings is 1. The normalized spacial score (nSPS) is 19.4. The van der Waals surface area contributed by atoms with E-state index >= 15 is 0 Å². The van der Waals surface area contributed by atoms with E-state index in [1.165, 1.54) is 4.80 Å². The topological polar surface area (TPSA) is 73.1 Å². The Labute approximate surface area is 164 Å². The zero-order valence-electron chi connectivity index (χ0n) is 16.0. The summed E-state index contributed by atoms with van der Waals surface area (Å²) < 4.78 is 6.12. The van der Waals surface area contributed by atoms with E-state index in [0.29, 0.717) is 23.7 Å². The average Bonchev–Trinajstić information content (AvgIpc) is 3.25. The van der Waals surface area contributed by atoms with E-state index in [9.17, 15) is 4.79 Å². The number of para-hydroxylation sites is 1. The summed E-state index contributed by atoms with van der Waals surface area (Å²) >= 11 is 0. The highest BCUT2D eigenvalue weighted by atomic mass is 16.5. The zero-order chi connectivity index (χ0) is 19.5. The number of carbonyl (C=O) groups is 1. The maximum Gasteiger partial charge on any atom is 0.256 e. The van der Waals surface area contributed by atoms with Crippen LogP contribution in [-0.4, -0.2) is 49.5 Å². The lowest BCUT2D eigenvalue weighted by Gasteiger charge is -2.38. The molecule has 0 N–H and O–H groups in total. The first-order valence-electron chi connectivity index (χ1n) is 9.48. The fourth-order valence-corrected chi connectivity index (χ4v) is 3.53. The van der Waals surface area contributed by atoms with E-state index in [1.807, 2.05) is 48.2 Å². The van der Waals surface area contributed by atoms with Crippen LogP contribution in [0.15, 0.2) is 55.0 Å². The van der Waals surface area contributed by atoms with Gasteiger partial charge in [0.25, 0.3) is 5.91 Å². The Bertz CT molecular complexity index is 957. The van der Waals surface area contributed by atoms with Crippen LogP contribution in [0.3, 0.4) is 0 Å². The number of amides is 1. The molecule has 28 heavy (non-hydrogen) atoms. The lowest BCUT2D eigenvalue weighted by Crippen LogP contribution is -2.49. The minimum Gasteiger partial charge on any atom is -0.472 e. The molecule has 1 saturated heterocycles. The first-order chi connectivity index (χ1) is 13.6. The molecular weight excluding hydrogens is 354 g/mol. The highest BCUT2D eigenvalue weighted by molar-refractivity contribution is 5.98. The summed E-state index contributed by atoms with van der Waals surface area (Å²) in [6.07, 6.45) is 6.62. The predicted molar refractivity (Wildman–Crippen MR) is 104 cm³/mol. The average molecular weight is 377 g/mol. The van der Waals surface area contributed by atoms with Gasteiger partial charge in [-0.05, 0) is 44.9 Å². The van der Waals surface area contributed by atoms with Crippen LogP contribution in [0.25, 0.3) is 5.69 Å². The molecule has 1 amide bonds. The first kappa shape index (κ1) is 18.2. The zero-order valence-corrected chi connectivity index (χ0v) is 16.0. The van der Waals surface area contributed by atoms with Crippen molar-refractivity contribution < 1.29 is 9.53 Å². The second kappa shape index (κ2) is 7.80. The standard InChI is InChI=1S/C21H23N5O2/c1-15-6-5-11-22-20(15)28-17-10-9-16(2)25(14-17)21(27)18-7-3-4-8-19(18)26-23-12-13-24-26/h3-8,11-13,16-17H,9-10,14H2,1-2H3. The number of carbonyl (C=O) groups excluding carboxylic acids is 1. The molecular formula is C21H23N5O2. The van der Waals surface area contributed by atoms with Gasteiger partial charge in [0.2, 0.25) is 5.88 Å². The van der Waals surface area contributed by atoms with Gasteiger partial charge >= 0.3 is 0 Å². The van der Waals surface area contributed by atoms with Crippen LogP contribution in [-0.2, 0) is 0 Å². The Balaban J connectivity index is 1.56. The fraction of sp³-hybridized carbons (Fsp3) is 0.333. The fourth-order valence-electron chi connectivity index (χ4n) is 3.53. The van der Waals surface area contributed by atoms with Crippen molar-refractivity contribution >= 4 is 5.91 Å². The van der Waals surface area contributed by atoms with Gasteiger partial charge in [-0.15, -0.1) is 0 Å². The molecule has 0 spiro atoms. The largest absolute Gasteiger partial charge is 0.472 e. The number of hydrogen-bond donors (Lipinski definition) is 0. The molecule has 3 heterocycles. The van der Waals surface area contributed by atoms with Gasteiger partial charge in [-0.2, -0.15) is 15.0 Å². The number of piperidine rings is 1. The lowest BCUT2D eigenvalue weighted by molar-refractivity contribution is 0.0371. The predicted octanol–water partition coefficient (Wildman–Crippen LogP) is 3.04. The second-order valence-corrected chi connectivity index (χ2v) is 7.08. The molecule has 0 radical (unpaired) electrons. The number of aromatic nitrogens is 4. The highest BCUT2D eigenvalue weighted by Gasteiger charge is 2.32. The summed E-state index contributed by atoms with van der Waals surface area (Å²) in [7, 11) is 0. The van der Waals surface area contributed by atoms with Crippen LogP contribution >= 0.6 is 0 Å². The van der Waals surface area contributed by atoms with E-state index in [2.05, 4.69) is 22.1 Å². The third-order valence-corrected chi connectivity index (χ3v) is 5.11. The van der Waals surface area contributed by atoms with E-state index in [1.54, 1.807) is 18.6 Å². The molecule has 0 saturated carbocycles. The van der Waals surface area contributed by atoms with Gasteiger partial charge in [0.1, 0.15) is 6.10 Å². The third kappa shape index (κ3) is 3.60. The summed E-state index contributed by atoms with van der Waals surface area (Å²) in [4.78, 5) is 21.1. The minimum atomic E-state index is -0.0799. The molecule has 1 aliphatic rings. The molecule has 2 aromatic heterocycles. The molecule has 1 aliphatic heterocycles. The van der Waals surface area contributed by atoms with Crippen molar-refractivity contribution in [2.45, 2.75) is 38.8 Å². The first-order valence-corrected chi connectivity index (χ1v) is 9.48. The van der Waals surface area contributed by atoms with Crippen LogP contribution in [0.5, 0.6) is 5.88 Å². The minimum absolute atomic E-state index is 0.0357. The van der Waals surface area contributed by atoms with E-state index in [-0.39, 0.29) is 18.1 Å². The number of likely N-dealkylation sites (tertiary alicyclic amines) is 1. The van der Waals surface area contributed by atoms with Crippen molar-refractivity contribution in [2.24, 2.45) is 0 Å². The van der Waals surface area contributed by atoms with Gasteiger partial charge < -0.3 is 9.64 Å². The van der Waals surface area contributed by atoms with Crippen LogP contribution < -0.4 is 4.74 Å². The van der Waals surface area contributed by atoms with Crippen molar-refractivity contribution in [1.29, 1.82) is 0 Å². The SMILES string of the molecule is Cc1cccnc1OC1CCC(C)N(C(=O)c2ccccc2-n2nccn2)C1. The second-order valence-electron chi connectivity index (χ2n) is 7.08. The van der Waals surface area contributed by atoms with E-state index in [0.717, 1.165) is 18.4 Å². The van der Waals surface area contributed by atoms with Crippen molar-refractivity contribution in [1.82, 2.24) is 24.9 Å². The van der Waals surface area contributed by atoms with Crippen LogP contribution in [0.1, 0.15) is 35.7 Å². The lowest BCUT2D eigenvalue weighted by atomic mass is 9.99. The van der Waals surface area contributed by atoms with Gasteiger partial charge in [-0.3, -0.25) is 4.79 Å². The Morgan fingerprint density at radius 2 is 1.86 bits per heavy atom. The Hall–Kier alpha value is -3.22. The quantitative estimate of drug-likeness (QED) is 0.699. The van der Waals surface area contributed by atoms with Gasteiger partial charge in [-0.1, -0.05) is 18.2 Å². The van der Waals surface area contributed by atoms with Crippen LogP contribution in [0.4, 0.5) is 0 Å². The van der Waals surface area contributed by atoms with Crippen molar-refractivity contribution in [3.8, 4) is 11.6 Å². The molecule has 7 nitrogen and oxygen atoms in total. The summed E-state index contributed by atoms with van der Waals surface area (Å²) in [6.45, 7) is 4.58. The molecule has 1 aromatic carbocycles. The molecule has 144 valence electrons. The maximum atomic E-state index is 13.4. The number of hydrogen-bond acceptors (Lipinski definition) is 5. The Morgan fingerprint density at radius 3 is 2.64 bits per heavy atom. The van der Waals surface area contributed by atoms with Crippen LogP contribution in [0, 0.1) is 6.92 Å². The number of ether oxygens (including phenoxy) is 1. The summed E-state index contributed by atoms with van der Waals surface area (Å²) in [5, 5.41) is 8.35. The van der Waals surface area contributed by atoms with Gasteiger partial charge in [-0.25, -0.2) is 4.98 Å². The van der Waals surface area contributed by atoms with Crippen molar-refractivity contribution in [2.75, 3.05) is 6.54 Å². The molecule has 2 unspecified atom stereocenters. The summed E-state index contributed by atoms with van der Waals surface area (Å²) in [5.41, 5.74) is 2.25. The Morgan fingerprint density at radius 1 is 1.07 bits per heavy atom. The molecule has 1 fully saturated rings. The van der Waals surface area contributed by atoms with Crippen molar-refractivity contribution in [3.63, 3.8) is 0 Å². The monoisotopic (exact) mass is 377 g/mol. The summed E-state index contributed by atoms with van der Waals surface area (Å²) in [6, 6.07) is 11.4. The third-order valence-electron chi connectivity index (χ3n) is 5.11. The molecule has 2 atom stereocenters. The highest BCUT2D eigenvalue weighted by Crippen LogP contribution is 2.25. The molecule has 4 rings (SSSR count). The Kier molecular flexibility index (Phi) is 5.06. The number of benzene rings is 1. The van der Waals surface area contributed by atoms with Gasteiger partial charge in [0.05, 0.1) is 30.2 Å². The molecule has 0 aliphatic carbocycles. The van der Waals surface area contributed by atoms with Crippen molar-refractivity contribution in [3.05, 3.63) is 66.1 Å². The number of nitrogens with zero attached hydrogens (tertiary/aromatic N) is 5. The van der Waals surface area contributed by atoms with Gasteiger partial charge in [0, 0.05) is 17.8 Å². The molecule has 3 aromatic rings. The maximum absolute atomic E-state index is 13.4.